The number of likely N-dealkylation sites (tertiary alicyclic amines) is 1. The van der Waals surface area contributed by atoms with Crippen LogP contribution >= 0.6 is 0 Å². The number of amides is 3. The molecule has 4 aromatic heterocycles. The van der Waals surface area contributed by atoms with Gasteiger partial charge in [0, 0.05) is 44.1 Å². The van der Waals surface area contributed by atoms with E-state index in [2.05, 4.69) is 25.5 Å². The number of imidazole rings is 1. The van der Waals surface area contributed by atoms with E-state index in [1.165, 1.54) is 15.2 Å². The maximum atomic E-state index is 16.1. The number of aryl methyl sites for hydroxylation is 1. The molecule has 5 aromatic rings. The number of imide groups is 1. The zero-order valence-corrected chi connectivity index (χ0v) is 29.2. The first-order valence-corrected chi connectivity index (χ1v) is 18.1. The van der Waals surface area contributed by atoms with Gasteiger partial charge in [0.05, 0.1) is 23.3 Å². The van der Waals surface area contributed by atoms with Crippen molar-refractivity contribution in [1.29, 1.82) is 5.26 Å². The summed E-state index contributed by atoms with van der Waals surface area (Å²) in [5.41, 5.74) is 2.68. The average molecular weight is 719 g/mol. The molecule has 3 unspecified atom stereocenters. The molecule has 1 aromatic carbocycles. The second-order valence-corrected chi connectivity index (χ2v) is 14.5. The normalized spacial score (nSPS) is 23.9. The van der Waals surface area contributed by atoms with Crippen LogP contribution in [-0.4, -0.2) is 77.3 Å². The topological polar surface area (TPSA) is 173 Å². The molecule has 3 aliphatic rings. The highest BCUT2D eigenvalue weighted by molar-refractivity contribution is 6.03. The van der Waals surface area contributed by atoms with Gasteiger partial charge < -0.3 is 10.2 Å². The van der Waals surface area contributed by atoms with Crippen molar-refractivity contribution in [2.24, 2.45) is 13.0 Å². The number of pyridine rings is 2. The van der Waals surface area contributed by atoms with E-state index in [0.29, 0.717) is 35.7 Å². The number of nitrogens with zero attached hydrogens (tertiary/aromatic N) is 8. The average Bonchev–Trinajstić information content (AvgIpc) is 3.70. The SMILES string of the molecule is Cn1c(=O)n(C2CCC(=O)NC2=O)c2cccc(C3CCN(C[C@H]4CC[C@H](n5cc6cc(NC(=O)c7cccc(C#N)n7)ncc6n5)CC4)CC3F)c21. The molecule has 3 fully saturated rings. The minimum atomic E-state index is -1.11. The van der Waals surface area contributed by atoms with Crippen LogP contribution in [0.5, 0.6) is 0 Å². The minimum Gasteiger partial charge on any atom is -0.305 e. The third kappa shape index (κ3) is 6.59. The molecule has 14 nitrogen and oxygen atoms in total. The van der Waals surface area contributed by atoms with Crippen LogP contribution in [0.4, 0.5) is 10.2 Å². The number of hydrogen-bond donors (Lipinski definition) is 2. The number of nitriles is 1. The second kappa shape index (κ2) is 14.0. The van der Waals surface area contributed by atoms with E-state index in [4.69, 9.17) is 10.4 Å². The van der Waals surface area contributed by atoms with Gasteiger partial charge in [-0.1, -0.05) is 18.2 Å². The number of halogens is 1. The Labute approximate surface area is 303 Å². The van der Waals surface area contributed by atoms with Crippen molar-refractivity contribution in [3.05, 3.63) is 82.3 Å². The molecule has 2 aliphatic heterocycles. The van der Waals surface area contributed by atoms with Crippen LogP contribution in [0.3, 0.4) is 0 Å². The van der Waals surface area contributed by atoms with Gasteiger partial charge in [-0.2, -0.15) is 10.4 Å². The Bertz CT molecular complexity index is 2350. The van der Waals surface area contributed by atoms with Gasteiger partial charge in [-0.15, -0.1) is 0 Å². The number of aromatic nitrogens is 6. The molecule has 6 heterocycles. The van der Waals surface area contributed by atoms with Crippen molar-refractivity contribution < 1.29 is 18.8 Å². The Morgan fingerprint density at radius 1 is 1.08 bits per heavy atom. The number of rotatable bonds is 7. The molecule has 15 heteroatoms. The molecular formula is C38H39FN10O4. The van der Waals surface area contributed by atoms with E-state index in [1.807, 2.05) is 29.1 Å². The van der Waals surface area contributed by atoms with Gasteiger partial charge in [0.2, 0.25) is 11.8 Å². The molecule has 8 rings (SSSR count). The summed E-state index contributed by atoms with van der Waals surface area (Å²) in [7, 11) is 1.66. The van der Waals surface area contributed by atoms with Crippen LogP contribution in [0, 0.1) is 17.2 Å². The molecule has 2 saturated heterocycles. The molecule has 1 aliphatic carbocycles. The van der Waals surface area contributed by atoms with Crippen molar-refractivity contribution in [3.8, 4) is 6.07 Å². The molecular weight excluding hydrogens is 679 g/mol. The van der Waals surface area contributed by atoms with Gasteiger partial charge in [-0.05, 0) is 80.8 Å². The first kappa shape index (κ1) is 34.3. The third-order valence-electron chi connectivity index (χ3n) is 11.1. The van der Waals surface area contributed by atoms with E-state index in [9.17, 15) is 19.2 Å². The molecule has 3 amide bonds. The first-order chi connectivity index (χ1) is 25.7. The molecule has 3 atom stereocenters. The molecule has 0 spiro atoms. The number of anilines is 1. The lowest BCUT2D eigenvalue weighted by molar-refractivity contribution is -0.135. The fourth-order valence-electron chi connectivity index (χ4n) is 8.44. The van der Waals surface area contributed by atoms with E-state index >= 15 is 4.39 Å². The highest BCUT2D eigenvalue weighted by Gasteiger charge is 2.36. The number of para-hydroxylation sites is 1. The standard InChI is InChI=1S/C38H39FN10O4/c1-46-35-27(5-3-7-31(35)49(38(46)53)32-12-13-34(50)44-37(32)52)26-14-15-47(21-28(26)39)19-22-8-10-25(11-9-22)48-20-23-16-33(41-18-30(23)45-48)43-36(51)29-6-2-4-24(17-40)42-29/h2-7,16,18,20,22,25-26,28,32H,8-15,19,21H2,1H3,(H,43,51)(H,44,50,52)/t22-,25-,26?,28?,32?. The van der Waals surface area contributed by atoms with E-state index in [0.717, 1.165) is 55.2 Å². The monoisotopic (exact) mass is 718 g/mol. The number of alkyl halides is 1. The quantitative estimate of drug-likeness (QED) is 0.235. The molecule has 53 heavy (non-hydrogen) atoms. The van der Waals surface area contributed by atoms with Crippen molar-refractivity contribution in [1.82, 2.24) is 39.1 Å². The minimum absolute atomic E-state index is 0.134. The highest BCUT2D eigenvalue weighted by Crippen LogP contribution is 2.38. The Morgan fingerprint density at radius 2 is 1.89 bits per heavy atom. The third-order valence-corrected chi connectivity index (χ3v) is 11.1. The lowest BCUT2D eigenvalue weighted by atomic mass is 9.83. The van der Waals surface area contributed by atoms with Gasteiger partial charge >= 0.3 is 5.69 Å². The smallest absolute Gasteiger partial charge is 0.305 e. The lowest BCUT2D eigenvalue weighted by Crippen LogP contribution is -2.44. The van der Waals surface area contributed by atoms with Crippen LogP contribution in [0.25, 0.3) is 21.9 Å². The summed E-state index contributed by atoms with van der Waals surface area (Å²) in [5.74, 6) is -0.839. The summed E-state index contributed by atoms with van der Waals surface area (Å²) < 4.78 is 21.0. The van der Waals surface area contributed by atoms with Crippen LogP contribution in [0.2, 0.25) is 0 Å². The molecule has 0 radical (unpaired) electrons. The van der Waals surface area contributed by atoms with Gasteiger partial charge in [-0.3, -0.25) is 33.5 Å². The van der Waals surface area contributed by atoms with Gasteiger partial charge in [-0.25, -0.2) is 19.2 Å². The summed E-state index contributed by atoms with van der Waals surface area (Å²) in [6, 6.07) is 13.4. The Balaban J connectivity index is 0.878. The van der Waals surface area contributed by atoms with E-state index < -0.39 is 24.0 Å². The van der Waals surface area contributed by atoms with Crippen molar-refractivity contribution in [3.63, 3.8) is 0 Å². The van der Waals surface area contributed by atoms with Gasteiger partial charge in [0.1, 0.15) is 41.0 Å². The van der Waals surface area contributed by atoms with E-state index in [-0.39, 0.29) is 47.8 Å². The predicted molar refractivity (Wildman–Crippen MR) is 193 cm³/mol. The summed E-state index contributed by atoms with van der Waals surface area (Å²) in [6.45, 7) is 1.90. The fourth-order valence-corrected chi connectivity index (χ4v) is 8.44. The van der Waals surface area contributed by atoms with Crippen molar-refractivity contribution >= 4 is 45.5 Å². The largest absolute Gasteiger partial charge is 0.329 e. The van der Waals surface area contributed by atoms with Crippen LogP contribution in [-0.2, 0) is 16.6 Å². The number of nitrogens with one attached hydrogen (secondary N) is 2. The van der Waals surface area contributed by atoms with Crippen molar-refractivity contribution in [2.45, 2.75) is 69.1 Å². The van der Waals surface area contributed by atoms with Crippen LogP contribution in [0.1, 0.15) is 84.7 Å². The predicted octanol–water partition coefficient (Wildman–Crippen LogP) is 4.14. The Morgan fingerprint density at radius 3 is 2.66 bits per heavy atom. The maximum Gasteiger partial charge on any atom is 0.329 e. The number of carbonyl (C=O) groups is 3. The Kier molecular flexibility index (Phi) is 9.07. The molecule has 1 saturated carbocycles. The zero-order valence-electron chi connectivity index (χ0n) is 29.2. The van der Waals surface area contributed by atoms with Gasteiger partial charge in [0.15, 0.2) is 0 Å². The zero-order chi connectivity index (χ0) is 36.8. The van der Waals surface area contributed by atoms with Crippen molar-refractivity contribution in [2.75, 3.05) is 25.0 Å². The summed E-state index contributed by atoms with van der Waals surface area (Å²) in [6.07, 6.45) is 7.44. The number of piperidine rings is 2. The summed E-state index contributed by atoms with van der Waals surface area (Å²) >= 11 is 0. The number of hydrogen-bond acceptors (Lipinski definition) is 9. The summed E-state index contributed by atoms with van der Waals surface area (Å²) in [5, 5.41) is 19.8. The number of benzene rings is 1. The fraction of sp³-hybridized carbons (Fsp3) is 0.421. The molecule has 272 valence electrons. The van der Waals surface area contributed by atoms with Crippen LogP contribution < -0.4 is 16.3 Å². The highest BCUT2D eigenvalue weighted by atomic mass is 19.1. The molecule has 2 N–H and O–H groups in total. The Hall–Kier alpha value is -5.75. The number of fused-ring (bicyclic) bond motifs is 2. The number of carbonyl (C=O) groups excluding carboxylic acids is 3. The molecule has 0 bridgehead atoms. The first-order valence-electron chi connectivity index (χ1n) is 18.1. The summed E-state index contributed by atoms with van der Waals surface area (Å²) in [4.78, 5) is 61.1. The second-order valence-electron chi connectivity index (χ2n) is 14.5. The van der Waals surface area contributed by atoms with Crippen LogP contribution in [0.15, 0.2) is 59.7 Å². The van der Waals surface area contributed by atoms with Gasteiger partial charge in [0.25, 0.3) is 5.91 Å². The lowest BCUT2D eigenvalue weighted by Gasteiger charge is -2.38. The van der Waals surface area contributed by atoms with E-state index in [1.54, 1.807) is 37.5 Å². The maximum absolute atomic E-state index is 16.1.